The van der Waals surface area contributed by atoms with E-state index in [4.69, 9.17) is 0 Å². The predicted molar refractivity (Wildman–Crippen MR) is 91.3 cm³/mol. The zero-order valence-electron chi connectivity index (χ0n) is 14.4. The van der Waals surface area contributed by atoms with Crippen LogP contribution in [-0.2, 0) is 26.0 Å². The molecule has 0 saturated carbocycles. The van der Waals surface area contributed by atoms with Gasteiger partial charge in [0.25, 0.3) is 0 Å². The van der Waals surface area contributed by atoms with Crippen LogP contribution in [0.4, 0.5) is 5.69 Å². The van der Waals surface area contributed by atoms with Gasteiger partial charge in [-0.15, -0.1) is 0 Å². The van der Waals surface area contributed by atoms with Gasteiger partial charge in [0.15, 0.2) is 0 Å². The lowest BCUT2D eigenvalue weighted by Crippen LogP contribution is -2.41. The van der Waals surface area contributed by atoms with E-state index in [0.29, 0.717) is 12.1 Å². The number of anilines is 1. The van der Waals surface area contributed by atoms with Gasteiger partial charge in [0.1, 0.15) is 0 Å². The third-order valence-electron chi connectivity index (χ3n) is 4.11. The predicted octanol–water partition coefficient (Wildman–Crippen LogP) is 0.741. The Labute approximate surface area is 142 Å². The van der Waals surface area contributed by atoms with Crippen LogP contribution in [-0.4, -0.2) is 51.3 Å². The summed E-state index contributed by atoms with van der Waals surface area (Å²) in [5.74, 6) is -0.148. The molecule has 8 heteroatoms. The van der Waals surface area contributed by atoms with Crippen molar-refractivity contribution in [2.75, 3.05) is 25.0 Å². The molecular weight excluding hydrogens is 330 g/mol. The van der Waals surface area contributed by atoms with Crippen LogP contribution in [0.2, 0.25) is 0 Å². The number of amides is 2. The molecule has 0 radical (unpaired) electrons. The third-order valence-corrected chi connectivity index (χ3v) is 5.57. The van der Waals surface area contributed by atoms with Crippen molar-refractivity contribution in [3.8, 4) is 0 Å². The van der Waals surface area contributed by atoms with Crippen molar-refractivity contribution in [2.45, 2.75) is 38.1 Å². The molecular formula is C16H23N3O4S. The van der Waals surface area contributed by atoms with E-state index in [1.54, 1.807) is 18.0 Å². The maximum absolute atomic E-state index is 12.4. The summed E-state index contributed by atoms with van der Waals surface area (Å²) in [7, 11) is -2.01. The summed E-state index contributed by atoms with van der Waals surface area (Å²) >= 11 is 0. The number of carbonyl (C=O) groups is 2. The van der Waals surface area contributed by atoms with Crippen LogP contribution in [0, 0.1) is 0 Å². The Morgan fingerprint density at radius 3 is 2.62 bits per heavy atom. The van der Waals surface area contributed by atoms with E-state index in [0.717, 1.165) is 5.69 Å². The average molecular weight is 353 g/mol. The first-order chi connectivity index (χ1) is 11.1. The summed E-state index contributed by atoms with van der Waals surface area (Å²) in [6, 6.07) is 4.67. The summed E-state index contributed by atoms with van der Waals surface area (Å²) in [5, 5.41) is 0. The maximum Gasteiger partial charge on any atom is 0.240 e. The highest BCUT2D eigenvalue weighted by atomic mass is 32.2. The second kappa shape index (κ2) is 6.90. The smallest absolute Gasteiger partial charge is 0.240 e. The van der Waals surface area contributed by atoms with Crippen molar-refractivity contribution in [1.29, 1.82) is 0 Å². The molecule has 1 N–H and O–H groups in total. The number of likely N-dealkylation sites (N-methyl/N-ethyl adjacent to an activating group) is 1. The molecule has 1 heterocycles. The van der Waals surface area contributed by atoms with E-state index in [1.807, 2.05) is 13.8 Å². The van der Waals surface area contributed by atoms with Gasteiger partial charge in [0.05, 0.1) is 11.3 Å². The van der Waals surface area contributed by atoms with Crippen LogP contribution in [0.5, 0.6) is 0 Å². The number of hydrogen-bond acceptors (Lipinski definition) is 4. The molecule has 1 aliphatic heterocycles. The Kier molecular flexibility index (Phi) is 5.29. The minimum atomic E-state index is -3.68. The minimum absolute atomic E-state index is 0.00791. The Hall–Kier alpha value is -1.93. The highest BCUT2D eigenvalue weighted by Crippen LogP contribution is 2.29. The second-order valence-corrected chi connectivity index (χ2v) is 7.89. The van der Waals surface area contributed by atoms with Crippen LogP contribution in [0.1, 0.15) is 26.3 Å². The fourth-order valence-corrected chi connectivity index (χ4v) is 3.85. The first-order valence-corrected chi connectivity index (χ1v) is 9.28. The lowest BCUT2D eigenvalue weighted by molar-refractivity contribution is -0.130. The van der Waals surface area contributed by atoms with Crippen molar-refractivity contribution < 1.29 is 18.0 Å². The van der Waals surface area contributed by atoms with E-state index in [9.17, 15) is 18.0 Å². The Morgan fingerprint density at radius 1 is 1.38 bits per heavy atom. The number of hydrogen-bond donors (Lipinski definition) is 1. The molecule has 0 aromatic heterocycles. The van der Waals surface area contributed by atoms with Gasteiger partial charge < -0.3 is 9.80 Å². The SMILES string of the molecule is CC(=O)N(CCNS(=O)(=O)c1ccc2c(c1)CC(=O)N2C)C(C)C. The lowest BCUT2D eigenvalue weighted by Gasteiger charge is -2.25. The topological polar surface area (TPSA) is 86.8 Å². The number of sulfonamides is 1. The van der Waals surface area contributed by atoms with E-state index < -0.39 is 10.0 Å². The second-order valence-electron chi connectivity index (χ2n) is 6.12. The van der Waals surface area contributed by atoms with Gasteiger partial charge >= 0.3 is 0 Å². The van der Waals surface area contributed by atoms with Crippen molar-refractivity contribution in [3.05, 3.63) is 23.8 Å². The Bertz CT molecular complexity index is 759. The first kappa shape index (κ1) is 18.4. The van der Waals surface area contributed by atoms with Crippen LogP contribution < -0.4 is 9.62 Å². The van der Waals surface area contributed by atoms with Gasteiger partial charge in [-0.3, -0.25) is 9.59 Å². The number of rotatable bonds is 6. The standard InChI is InChI=1S/C16H23N3O4S/c1-11(2)19(12(3)20)8-7-17-24(22,23)14-5-6-15-13(9-14)10-16(21)18(15)4/h5-6,9,11,17H,7-8,10H2,1-4H3. The van der Waals surface area contributed by atoms with Gasteiger partial charge in [-0.2, -0.15) is 0 Å². The molecule has 1 aromatic rings. The summed E-state index contributed by atoms with van der Waals surface area (Å²) in [4.78, 5) is 26.4. The summed E-state index contributed by atoms with van der Waals surface area (Å²) < 4.78 is 27.3. The largest absolute Gasteiger partial charge is 0.339 e. The monoisotopic (exact) mass is 353 g/mol. The molecule has 0 aliphatic carbocycles. The van der Waals surface area contributed by atoms with Crippen LogP contribution >= 0.6 is 0 Å². The van der Waals surface area contributed by atoms with E-state index in [2.05, 4.69) is 4.72 Å². The van der Waals surface area contributed by atoms with Gasteiger partial charge in [0.2, 0.25) is 21.8 Å². The molecule has 0 unspecified atom stereocenters. The summed E-state index contributed by atoms with van der Waals surface area (Å²) in [6.45, 7) is 5.66. The highest BCUT2D eigenvalue weighted by Gasteiger charge is 2.26. The highest BCUT2D eigenvalue weighted by molar-refractivity contribution is 7.89. The molecule has 0 atom stereocenters. The first-order valence-electron chi connectivity index (χ1n) is 7.80. The summed E-state index contributed by atoms with van der Waals surface area (Å²) in [6.07, 6.45) is 0.209. The minimum Gasteiger partial charge on any atom is -0.339 e. The van der Waals surface area contributed by atoms with Gasteiger partial charge in [-0.05, 0) is 37.6 Å². The fourth-order valence-electron chi connectivity index (χ4n) is 2.78. The molecule has 2 amide bonds. The number of nitrogens with one attached hydrogen (secondary N) is 1. The summed E-state index contributed by atoms with van der Waals surface area (Å²) in [5.41, 5.74) is 1.44. The Morgan fingerprint density at radius 2 is 2.04 bits per heavy atom. The molecule has 1 aliphatic rings. The number of fused-ring (bicyclic) bond motifs is 1. The van der Waals surface area contributed by atoms with E-state index in [1.165, 1.54) is 24.0 Å². The number of carbonyl (C=O) groups excluding carboxylic acids is 2. The molecule has 0 bridgehead atoms. The quantitative estimate of drug-likeness (QED) is 0.817. The number of benzene rings is 1. The van der Waals surface area contributed by atoms with Crippen molar-refractivity contribution >= 4 is 27.5 Å². The van der Waals surface area contributed by atoms with Crippen LogP contribution in [0.25, 0.3) is 0 Å². The average Bonchev–Trinajstić information content (AvgIpc) is 2.77. The van der Waals surface area contributed by atoms with Crippen molar-refractivity contribution in [2.24, 2.45) is 0 Å². The third kappa shape index (κ3) is 3.76. The maximum atomic E-state index is 12.4. The zero-order chi connectivity index (χ0) is 18.1. The zero-order valence-corrected chi connectivity index (χ0v) is 15.2. The van der Waals surface area contributed by atoms with Crippen molar-refractivity contribution in [1.82, 2.24) is 9.62 Å². The molecule has 132 valence electrons. The normalized spacial score (nSPS) is 14.2. The van der Waals surface area contributed by atoms with E-state index in [-0.39, 0.29) is 35.7 Å². The molecule has 1 aromatic carbocycles. The molecule has 7 nitrogen and oxygen atoms in total. The van der Waals surface area contributed by atoms with Crippen LogP contribution in [0.3, 0.4) is 0 Å². The van der Waals surface area contributed by atoms with Gasteiger partial charge in [-0.1, -0.05) is 0 Å². The molecule has 24 heavy (non-hydrogen) atoms. The molecule has 0 fully saturated rings. The van der Waals surface area contributed by atoms with Gasteiger partial charge in [-0.25, -0.2) is 13.1 Å². The molecule has 0 saturated heterocycles. The fraction of sp³-hybridized carbons (Fsp3) is 0.500. The molecule has 0 spiro atoms. The van der Waals surface area contributed by atoms with E-state index >= 15 is 0 Å². The Balaban J connectivity index is 2.08. The molecule has 2 rings (SSSR count). The van der Waals surface area contributed by atoms with Crippen LogP contribution in [0.15, 0.2) is 23.1 Å². The number of nitrogens with zero attached hydrogens (tertiary/aromatic N) is 2. The van der Waals surface area contributed by atoms with Crippen molar-refractivity contribution in [3.63, 3.8) is 0 Å². The van der Waals surface area contributed by atoms with Gasteiger partial charge in [0, 0.05) is 38.8 Å². The lowest BCUT2D eigenvalue weighted by atomic mass is 10.2.